The van der Waals surface area contributed by atoms with Crippen LogP contribution in [-0.2, 0) is 4.79 Å². The maximum Gasteiger partial charge on any atom is 0.226 e. The molecule has 0 bridgehead atoms. The van der Waals surface area contributed by atoms with Crippen molar-refractivity contribution in [1.29, 1.82) is 0 Å². The molecular weight excluding hydrogens is 228 g/mol. The van der Waals surface area contributed by atoms with Crippen LogP contribution in [0.4, 0.5) is 0 Å². The van der Waals surface area contributed by atoms with E-state index >= 15 is 0 Å². The highest BCUT2D eigenvalue weighted by atomic mass is 16.3. The van der Waals surface area contributed by atoms with Crippen molar-refractivity contribution in [3.63, 3.8) is 0 Å². The van der Waals surface area contributed by atoms with Gasteiger partial charge in [0.05, 0.1) is 5.60 Å². The number of nitrogens with zero attached hydrogens (tertiary/aromatic N) is 1. The Hall–Kier alpha value is -0.610. The molecule has 4 nitrogen and oxygen atoms in total. The van der Waals surface area contributed by atoms with Crippen molar-refractivity contribution in [2.45, 2.75) is 57.6 Å². The fourth-order valence-corrected chi connectivity index (χ4v) is 3.45. The number of hydrogen-bond donors (Lipinski definition) is 2. The van der Waals surface area contributed by atoms with Gasteiger partial charge >= 0.3 is 0 Å². The molecule has 1 amide bonds. The molecule has 0 aromatic heterocycles. The lowest BCUT2D eigenvalue weighted by atomic mass is 9.77. The molecule has 0 radical (unpaired) electrons. The van der Waals surface area contributed by atoms with E-state index < -0.39 is 5.60 Å². The first-order valence-electron chi connectivity index (χ1n) is 7.16. The SMILES string of the molecule is CC1CC(N)CCC1C(=O)N1CCCC(C)(O)C1. The standard InChI is InChI=1S/C14H26N2O2/c1-10-8-11(15)4-5-12(10)13(17)16-7-3-6-14(2,18)9-16/h10-12,18H,3-9,15H2,1-2H3. The summed E-state index contributed by atoms with van der Waals surface area (Å²) in [5.74, 6) is 0.709. The Kier molecular flexibility index (Phi) is 3.97. The lowest BCUT2D eigenvalue weighted by Crippen LogP contribution is -2.52. The van der Waals surface area contributed by atoms with Gasteiger partial charge in [-0.05, 0) is 44.9 Å². The van der Waals surface area contributed by atoms with E-state index in [0.29, 0.717) is 12.5 Å². The summed E-state index contributed by atoms with van der Waals surface area (Å²) in [5, 5.41) is 10.1. The van der Waals surface area contributed by atoms with E-state index in [1.165, 1.54) is 0 Å². The van der Waals surface area contributed by atoms with Crippen molar-refractivity contribution in [3.05, 3.63) is 0 Å². The highest BCUT2D eigenvalue weighted by molar-refractivity contribution is 5.79. The first-order valence-corrected chi connectivity index (χ1v) is 7.16. The second-order valence-corrected chi connectivity index (χ2v) is 6.52. The number of carbonyl (C=O) groups is 1. The number of piperidine rings is 1. The number of rotatable bonds is 1. The molecule has 1 saturated carbocycles. The molecule has 0 aromatic rings. The zero-order valence-electron chi connectivity index (χ0n) is 11.6. The van der Waals surface area contributed by atoms with Gasteiger partial charge in [-0.1, -0.05) is 6.92 Å². The van der Waals surface area contributed by atoms with Crippen LogP contribution in [0.15, 0.2) is 0 Å². The molecule has 1 saturated heterocycles. The van der Waals surface area contributed by atoms with Crippen LogP contribution < -0.4 is 5.73 Å². The minimum absolute atomic E-state index is 0.110. The van der Waals surface area contributed by atoms with Crippen LogP contribution in [0.3, 0.4) is 0 Å². The number of nitrogens with two attached hydrogens (primary N) is 1. The van der Waals surface area contributed by atoms with E-state index in [1.807, 2.05) is 11.8 Å². The van der Waals surface area contributed by atoms with Crippen LogP contribution >= 0.6 is 0 Å². The molecule has 2 fully saturated rings. The number of β-amino-alcohol motifs (C(OH)–C–C–N with tert-alkyl or cyclic N) is 1. The van der Waals surface area contributed by atoms with Gasteiger partial charge in [-0.3, -0.25) is 4.79 Å². The number of amides is 1. The number of likely N-dealkylation sites (tertiary alicyclic amines) is 1. The van der Waals surface area contributed by atoms with Gasteiger partial charge in [0.1, 0.15) is 0 Å². The number of hydrogen-bond acceptors (Lipinski definition) is 3. The molecule has 1 aliphatic heterocycles. The highest BCUT2D eigenvalue weighted by Gasteiger charge is 2.37. The first-order chi connectivity index (χ1) is 8.39. The third kappa shape index (κ3) is 3.04. The van der Waals surface area contributed by atoms with E-state index in [1.54, 1.807) is 0 Å². The fraction of sp³-hybridized carbons (Fsp3) is 0.929. The summed E-state index contributed by atoms with van der Waals surface area (Å²) >= 11 is 0. The molecule has 4 unspecified atom stereocenters. The lowest BCUT2D eigenvalue weighted by molar-refractivity contribution is -0.144. The van der Waals surface area contributed by atoms with Crippen LogP contribution in [0.25, 0.3) is 0 Å². The van der Waals surface area contributed by atoms with E-state index in [0.717, 1.165) is 38.6 Å². The summed E-state index contributed by atoms with van der Waals surface area (Å²) in [6.07, 6.45) is 4.49. The number of carbonyl (C=O) groups excluding carboxylic acids is 1. The quantitative estimate of drug-likeness (QED) is 0.737. The highest BCUT2D eigenvalue weighted by Crippen LogP contribution is 2.32. The fourth-order valence-electron chi connectivity index (χ4n) is 3.45. The molecule has 4 heteroatoms. The predicted octanol–water partition coefficient (Wildman–Crippen LogP) is 1.12. The lowest BCUT2D eigenvalue weighted by Gasteiger charge is -2.41. The Bertz CT molecular complexity index is 317. The van der Waals surface area contributed by atoms with Gasteiger partial charge in [-0.15, -0.1) is 0 Å². The van der Waals surface area contributed by atoms with Gasteiger partial charge in [-0.25, -0.2) is 0 Å². The van der Waals surface area contributed by atoms with Crippen molar-refractivity contribution in [3.8, 4) is 0 Å². The summed E-state index contributed by atoms with van der Waals surface area (Å²) < 4.78 is 0. The maximum absolute atomic E-state index is 12.5. The second kappa shape index (κ2) is 5.17. The zero-order valence-corrected chi connectivity index (χ0v) is 11.6. The Morgan fingerprint density at radius 1 is 1.44 bits per heavy atom. The molecule has 1 heterocycles. The summed E-state index contributed by atoms with van der Waals surface area (Å²) in [6, 6.07) is 0.258. The maximum atomic E-state index is 12.5. The van der Waals surface area contributed by atoms with Crippen LogP contribution in [0.5, 0.6) is 0 Å². The van der Waals surface area contributed by atoms with Crippen molar-refractivity contribution in [1.82, 2.24) is 4.90 Å². The molecule has 1 aliphatic carbocycles. The van der Waals surface area contributed by atoms with Crippen LogP contribution in [0, 0.1) is 11.8 Å². The van der Waals surface area contributed by atoms with Gasteiger partial charge < -0.3 is 15.7 Å². The van der Waals surface area contributed by atoms with E-state index in [2.05, 4.69) is 6.92 Å². The smallest absolute Gasteiger partial charge is 0.226 e. The van der Waals surface area contributed by atoms with Gasteiger partial charge in [0.2, 0.25) is 5.91 Å². The van der Waals surface area contributed by atoms with E-state index in [-0.39, 0.29) is 17.9 Å². The Morgan fingerprint density at radius 2 is 2.17 bits per heavy atom. The third-order valence-corrected chi connectivity index (χ3v) is 4.51. The minimum Gasteiger partial charge on any atom is -0.388 e. The summed E-state index contributed by atoms with van der Waals surface area (Å²) in [7, 11) is 0. The molecule has 0 aromatic carbocycles. The van der Waals surface area contributed by atoms with Crippen LogP contribution in [0.2, 0.25) is 0 Å². The monoisotopic (exact) mass is 254 g/mol. The Morgan fingerprint density at radius 3 is 2.78 bits per heavy atom. The minimum atomic E-state index is -0.706. The molecular formula is C14H26N2O2. The molecule has 3 N–H and O–H groups in total. The Labute approximate surface area is 110 Å². The van der Waals surface area contributed by atoms with Gasteiger partial charge in [0, 0.05) is 25.0 Å². The molecule has 18 heavy (non-hydrogen) atoms. The van der Waals surface area contributed by atoms with E-state index in [9.17, 15) is 9.90 Å². The summed E-state index contributed by atoms with van der Waals surface area (Å²) in [6.45, 7) is 5.24. The van der Waals surface area contributed by atoms with Gasteiger partial charge in [0.25, 0.3) is 0 Å². The average molecular weight is 254 g/mol. The largest absolute Gasteiger partial charge is 0.388 e. The normalized spacial score (nSPS) is 41.8. The zero-order chi connectivity index (χ0) is 13.3. The molecule has 2 rings (SSSR count). The van der Waals surface area contributed by atoms with Crippen molar-refractivity contribution < 1.29 is 9.90 Å². The first kappa shape index (κ1) is 13.8. The second-order valence-electron chi connectivity index (χ2n) is 6.52. The van der Waals surface area contributed by atoms with Crippen LogP contribution in [-0.4, -0.2) is 40.6 Å². The number of aliphatic hydroxyl groups is 1. The summed E-state index contributed by atoms with van der Waals surface area (Å²) in [4.78, 5) is 14.4. The average Bonchev–Trinajstić information content (AvgIpc) is 2.27. The van der Waals surface area contributed by atoms with Gasteiger partial charge in [-0.2, -0.15) is 0 Å². The third-order valence-electron chi connectivity index (χ3n) is 4.51. The van der Waals surface area contributed by atoms with Crippen molar-refractivity contribution >= 4 is 5.91 Å². The van der Waals surface area contributed by atoms with Crippen LogP contribution in [0.1, 0.15) is 46.0 Å². The Balaban J connectivity index is 1.98. The molecule has 4 atom stereocenters. The topological polar surface area (TPSA) is 66.6 Å². The van der Waals surface area contributed by atoms with Gasteiger partial charge in [0.15, 0.2) is 0 Å². The molecule has 2 aliphatic rings. The molecule has 0 spiro atoms. The van der Waals surface area contributed by atoms with Crippen molar-refractivity contribution in [2.75, 3.05) is 13.1 Å². The summed E-state index contributed by atoms with van der Waals surface area (Å²) in [5.41, 5.74) is 5.24. The van der Waals surface area contributed by atoms with Crippen molar-refractivity contribution in [2.24, 2.45) is 17.6 Å². The van der Waals surface area contributed by atoms with E-state index in [4.69, 9.17) is 5.73 Å². The molecule has 104 valence electrons. The predicted molar refractivity (Wildman–Crippen MR) is 70.9 cm³/mol.